The van der Waals surface area contributed by atoms with Crippen LogP contribution < -0.4 is 0 Å². The van der Waals surface area contributed by atoms with Gasteiger partial charge in [0.15, 0.2) is 12.1 Å². The average molecular weight is 258 g/mol. The Morgan fingerprint density at radius 3 is 2.61 bits per heavy atom. The monoisotopic (exact) mass is 258 g/mol. The van der Waals surface area contributed by atoms with Gasteiger partial charge >= 0.3 is 0 Å². The van der Waals surface area contributed by atoms with Crippen molar-refractivity contribution in [1.82, 2.24) is 0 Å². The van der Waals surface area contributed by atoms with E-state index in [0.717, 1.165) is 25.9 Å². The summed E-state index contributed by atoms with van der Waals surface area (Å²) in [7, 11) is 0. The minimum atomic E-state index is -0.532. The van der Waals surface area contributed by atoms with Crippen molar-refractivity contribution < 1.29 is 18.9 Å². The first kappa shape index (κ1) is 14.3. The van der Waals surface area contributed by atoms with Crippen LogP contribution in [-0.2, 0) is 18.9 Å². The fourth-order valence-corrected chi connectivity index (χ4v) is 2.70. The van der Waals surface area contributed by atoms with Gasteiger partial charge in [-0.15, -0.1) is 0 Å². The van der Waals surface area contributed by atoms with Crippen LogP contribution in [0.2, 0.25) is 0 Å². The van der Waals surface area contributed by atoms with Crippen molar-refractivity contribution >= 4 is 0 Å². The molecule has 0 saturated carbocycles. The molecule has 2 heterocycles. The van der Waals surface area contributed by atoms with Crippen LogP contribution in [0.4, 0.5) is 0 Å². The van der Waals surface area contributed by atoms with Gasteiger partial charge in [-0.05, 0) is 26.7 Å². The molecule has 2 rings (SSSR count). The van der Waals surface area contributed by atoms with E-state index in [0.29, 0.717) is 12.5 Å². The lowest BCUT2D eigenvalue weighted by Gasteiger charge is -2.25. The Labute approximate surface area is 110 Å². The van der Waals surface area contributed by atoms with Crippen LogP contribution >= 0.6 is 0 Å². The Bertz CT molecular complexity index is 267. The zero-order chi connectivity index (χ0) is 13.2. The van der Waals surface area contributed by atoms with Crippen molar-refractivity contribution in [3.05, 3.63) is 0 Å². The lowest BCUT2D eigenvalue weighted by atomic mass is 9.98. The van der Waals surface area contributed by atoms with Gasteiger partial charge in [0.1, 0.15) is 6.10 Å². The molecule has 2 aliphatic heterocycles. The highest BCUT2D eigenvalue weighted by Gasteiger charge is 2.53. The SMILES string of the molecule is CCCCOC[C@H]1[C@H]2OC(C)(C)O[C@H]2O[C@@H]1CC. The summed E-state index contributed by atoms with van der Waals surface area (Å²) >= 11 is 0. The zero-order valence-electron chi connectivity index (χ0n) is 12.0. The summed E-state index contributed by atoms with van der Waals surface area (Å²) in [5.74, 6) is -0.242. The Kier molecular flexibility index (Phi) is 4.64. The van der Waals surface area contributed by atoms with Crippen LogP contribution in [-0.4, -0.2) is 37.5 Å². The highest BCUT2D eigenvalue weighted by molar-refractivity contribution is 4.92. The predicted octanol–water partition coefficient (Wildman–Crippen LogP) is 2.71. The van der Waals surface area contributed by atoms with E-state index in [-0.39, 0.29) is 18.5 Å². The highest BCUT2D eigenvalue weighted by Crippen LogP contribution is 2.41. The van der Waals surface area contributed by atoms with Crippen LogP contribution in [0, 0.1) is 5.92 Å². The predicted molar refractivity (Wildman–Crippen MR) is 68.2 cm³/mol. The molecule has 0 radical (unpaired) electrons. The molecule has 2 aliphatic rings. The molecule has 2 saturated heterocycles. The van der Waals surface area contributed by atoms with E-state index < -0.39 is 5.79 Å². The minimum Gasteiger partial charge on any atom is -0.381 e. The standard InChI is InChI=1S/C14H26O4/c1-5-7-8-15-9-10-11(6-2)16-13-12(10)17-14(3,4)18-13/h10-13H,5-9H2,1-4H3/t10-,11-,12-,13-/m1/s1. The Hall–Kier alpha value is -0.160. The third-order valence-electron chi connectivity index (χ3n) is 3.65. The molecule has 0 aromatic heterocycles. The zero-order valence-corrected chi connectivity index (χ0v) is 12.0. The molecule has 0 N–H and O–H groups in total. The molecule has 4 atom stereocenters. The van der Waals surface area contributed by atoms with Crippen molar-refractivity contribution in [2.24, 2.45) is 5.92 Å². The number of rotatable bonds is 6. The molecular formula is C14H26O4. The second-order valence-electron chi connectivity index (χ2n) is 5.64. The molecule has 0 amide bonds. The van der Waals surface area contributed by atoms with Crippen LogP contribution in [0.1, 0.15) is 47.0 Å². The molecule has 4 heteroatoms. The van der Waals surface area contributed by atoms with Gasteiger partial charge in [0.05, 0.1) is 12.7 Å². The molecule has 0 bridgehead atoms. The maximum Gasteiger partial charge on any atom is 0.187 e. The average Bonchev–Trinajstić information content (AvgIpc) is 2.77. The van der Waals surface area contributed by atoms with E-state index >= 15 is 0 Å². The first-order valence-corrected chi connectivity index (χ1v) is 7.16. The normalized spacial score (nSPS) is 38.0. The van der Waals surface area contributed by atoms with Gasteiger partial charge in [-0.3, -0.25) is 0 Å². The van der Waals surface area contributed by atoms with Gasteiger partial charge in [-0.2, -0.15) is 0 Å². The van der Waals surface area contributed by atoms with E-state index in [1.807, 2.05) is 13.8 Å². The second-order valence-corrected chi connectivity index (χ2v) is 5.64. The summed E-state index contributed by atoms with van der Waals surface area (Å²) < 4.78 is 23.4. The largest absolute Gasteiger partial charge is 0.381 e. The second kappa shape index (κ2) is 5.87. The molecule has 0 unspecified atom stereocenters. The number of hydrogen-bond acceptors (Lipinski definition) is 4. The number of unbranched alkanes of at least 4 members (excludes halogenated alkanes) is 1. The van der Waals surface area contributed by atoms with Gasteiger partial charge in [0.25, 0.3) is 0 Å². The molecule has 0 aromatic carbocycles. The lowest BCUT2D eigenvalue weighted by Crippen LogP contribution is -2.33. The molecule has 106 valence electrons. The van der Waals surface area contributed by atoms with Crippen molar-refractivity contribution in [1.29, 1.82) is 0 Å². The summed E-state index contributed by atoms with van der Waals surface area (Å²) in [5.41, 5.74) is 0. The highest BCUT2D eigenvalue weighted by atomic mass is 16.8. The van der Waals surface area contributed by atoms with E-state index in [2.05, 4.69) is 13.8 Å². The molecule has 2 fully saturated rings. The number of ether oxygens (including phenoxy) is 4. The van der Waals surface area contributed by atoms with Gasteiger partial charge in [-0.25, -0.2) is 0 Å². The number of hydrogen-bond donors (Lipinski definition) is 0. The maximum absolute atomic E-state index is 5.95. The fraction of sp³-hybridized carbons (Fsp3) is 1.00. The summed E-state index contributed by atoms with van der Waals surface area (Å²) in [6, 6.07) is 0. The van der Waals surface area contributed by atoms with Gasteiger partial charge < -0.3 is 18.9 Å². The van der Waals surface area contributed by atoms with Crippen LogP contribution in [0.15, 0.2) is 0 Å². The van der Waals surface area contributed by atoms with Gasteiger partial charge in [0.2, 0.25) is 0 Å². The first-order chi connectivity index (χ1) is 8.57. The first-order valence-electron chi connectivity index (χ1n) is 7.16. The third kappa shape index (κ3) is 3.05. The van der Waals surface area contributed by atoms with Crippen LogP contribution in [0.3, 0.4) is 0 Å². The van der Waals surface area contributed by atoms with Crippen molar-refractivity contribution in [3.8, 4) is 0 Å². The quantitative estimate of drug-likeness (QED) is 0.686. The minimum absolute atomic E-state index is 0.0200. The van der Waals surface area contributed by atoms with Crippen molar-refractivity contribution in [2.45, 2.75) is 71.2 Å². The third-order valence-corrected chi connectivity index (χ3v) is 3.65. The molecule has 4 nitrogen and oxygen atoms in total. The Morgan fingerprint density at radius 1 is 1.17 bits per heavy atom. The number of fused-ring (bicyclic) bond motifs is 1. The van der Waals surface area contributed by atoms with E-state index in [4.69, 9.17) is 18.9 Å². The molecule has 18 heavy (non-hydrogen) atoms. The summed E-state index contributed by atoms with van der Waals surface area (Å²) in [6.07, 6.45) is 3.24. The van der Waals surface area contributed by atoms with Gasteiger partial charge in [-0.1, -0.05) is 20.3 Å². The lowest BCUT2D eigenvalue weighted by molar-refractivity contribution is -0.212. The summed E-state index contributed by atoms with van der Waals surface area (Å²) in [5, 5.41) is 0. The topological polar surface area (TPSA) is 36.9 Å². The van der Waals surface area contributed by atoms with E-state index in [1.165, 1.54) is 0 Å². The molecule has 0 aromatic rings. The van der Waals surface area contributed by atoms with Gasteiger partial charge in [0, 0.05) is 12.5 Å². The van der Waals surface area contributed by atoms with Crippen LogP contribution in [0.25, 0.3) is 0 Å². The summed E-state index contributed by atoms with van der Waals surface area (Å²) in [6.45, 7) is 9.71. The molecule has 0 aliphatic carbocycles. The molecular weight excluding hydrogens is 232 g/mol. The van der Waals surface area contributed by atoms with E-state index in [1.54, 1.807) is 0 Å². The summed E-state index contributed by atoms with van der Waals surface area (Å²) in [4.78, 5) is 0. The van der Waals surface area contributed by atoms with Crippen molar-refractivity contribution in [3.63, 3.8) is 0 Å². The van der Waals surface area contributed by atoms with Crippen molar-refractivity contribution in [2.75, 3.05) is 13.2 Å². The van der Waals surface area contributed by atoms with E-state index in [9.17, 15) is 0 Å². The Morgan fingerprint density at radius 2 is 1.94 bits per heavy atom. The maximum atomic E-state index is 5.95. The Balaban J connectivity index is 1.89. The van der Waals surface area contributed by atoms with Crippen LogP contribution in [0.5, 0.6) is 0 Å². The molecule has 0 spiro atoms. The fourth-order valence-electron chi connectivity index (χ4n) is 2.70. The smallest absolute Gasteiger partial charge is 0.187 e.